The Hall–Kier alpha value is -1.96. The molecule has 6 nitrogen and oxygen atoms in total. The Kier molecular flexibility index (Phi) is 5.25. The maximum Gasteiger partial charge on any atom is 0.186 e. The molecule has 1 aromatic heterocycles. The Balaban J connectivity index is 1.62. The van der Waals surface area contributed by atoms with E-state index in [0.29, 0.717) is 0 Å². The van der Waals surface area contributed by atoms with Gasteiger partial charge in [-0.05, 0) is 0 Å². The van der Waals surface area contributed by atoms with E-state index in [1.807, 2.05) is 24.4 Å². The zero-order valence-corrected chi connectivity index (χ0v) is 15.0. The molecule has 0 N–H and O–H groups in total. The number of rotatable bonds is 4. The van der Waals surface area contributed by atoms with E-state index < -0.39 is 0 Å². The molecule has 0 unspecified atom stereocenters. The van der Waals surface area contributed by atoms with E-state index in [1.165, 1.54) is 0 Å². The first-order valence-corrected chi connectivity index (χ1v) is 9.47. The summed E-state index contributed by atoms with van der Waals surface area (Å²) in [6.45, 7) is 6.46. The van der Waals surface area contributed by atoms with Crippen molar-refractivity contribution in [3.63, 3.8) is 0 Å². The predicted molar refractivity (Wildman–Crippen MR) is 101 cm³/mol. The molecule has 2 saturated heterocycles. The van der Waals surface area contributed by atoms with Crippen molar-refractivity contribution in [1.82, 2.24) is 9.99 Å². The van der Waals surface area contributed by atoms with E-state index in [-0.39, 0.29) is 0 Å². The summed E-state index contributed by atoms with van der Waals surface area (Å²) >= 11 is 1.70. The zero-order chi connectivity index (χ0) is 16.9. The number of thiazole rings is 1. The number of aromatic nitrogens is 1. The third-order valence-electron chi connectivity index (χ3n) is 4.30. The second kappa shape index (κ2) is 7.95. The van der Waals surface area contributed by atoms with Crippen molar-refractivity contribution in [2.45, 2.75) is 0 Å². The minimum absolute atomic E-state index is 0.741. The van der Waals surface area contributed by atoms with Crippen LogP contribution in [0.15, 0.2) is 35.4 Å². The molecular formula is C18H22N4O2S. The van der Waals surface area contributed by atoms with Crippen LogP contribution in [0.1, 0.15) is 4.88 Å². The average molecular weight is 358 g/mol. The lowest BCUT2D eigenvalue weighted by Crippen LogP contribution is -2.36. The predicted octanol–water partition coefficient (Wildman–Crippen LogP) is 2.31. The van der Waals surface area contributed by atoms with Gasteiger partial charge in [0.15, 0.2) is 5.13 Å². The minimum atomic E-state index is 0.741. The summed E-state index contributed by atoms with van der Waals surface area (Å²) < 4.78 is 10.8. The van der Waals surface area contributed by atoms with E-state index in [2.05, 4.69) is 27.1 Å². The minimum Gasteiger partial charge on any atom is -0.378 e. The van der Waals surface area contributed by atoms with Crippen molar-refractivity contribution in [3.05, 3.63) is 35.2 Å². The van der Waals surface area contributed by atoms with Crippen LogP contribution in [-0.2, 0) is 9.47 Å². The van der Waals surface area contributed by atoms with Crippen molar-refractivity contribution >= 4 is 22.7 Å². The average Bonchev–Trinajstić information content (AvgIpc) is 3.13. The SMILES string of the molecule is C(=N\N1CCOCC1)/c1sc(N2CCOCC2)nc1-c1ccccc1. The lowest BCUT2D eigenvalue weighted by Gasteiger charge is -2.26. The maximum atomic E-state index is 5.46. The van der Waals surface area contributed by atoms with Crippen LogP contribution in [0.5, 0.6) is 0 Å². The fourth-order valence-corrected chi connectivity index (χ4v) is 3.91. The van der Waals surface area contributed by atoms with Gasteiger partial charge in [-0.3, -0.25) is 5.01 Å². The van der Waals surface area contributed by atoms with Gasteiger partial charge >= 0.3 is 0 Å². The summed E-state index contributed by atoms with van der Waals surface area (Å²) in [6.07, 6.45) is 1.95. The molecule has 4 rings (SSSR count). The molecule has 2 aliphatic heterocycles. The molecule has 2 aliphatic rings. The summed E-state index contributed by atoms with van der Waals surface area (Å²) in [4.78, 5) is 8.32. The van der Waals surface area contributed by atoms with Crippen LogP contribution in [0.25, 0.3) is 11.3 Å². The van der Waals surface area contributed by atoms with E-state index in [1.54, 1.807) is 11.3 Å². The molecule has 2 aromatic rings. The molecule has 0 atom stereocenters. The molecular weight excluding hydrogens is 336 g/mol. The van der Waals surface area contributed by atoms with Crippen molar-refractivity contribution in [1.29, 1.82) is 0 Å². The second-order valence-corrected chi connectivity index (χ2v) is 6.99. The third kappa shape index (κ3) is 4.00. The van der Waals surface area contributed by atoms with Gasteiger partial charge in [-0.2, -0.15) is 5.10 Å². The molecule has 0 aliphatic carbocycles. The van der Waals surface area contributed by atoms with Crippen molar-refractivity contribution < 1.29 is 9.47 Å². The van der Waals surface area contributed by atoms with Gasteiger partial charge in [0, 0.05) is 18.7 Å². The largest absolute Gasteiger partial charge is 0.378 e. The molecule has 25 heavy (non-hydrogen) atoms. The summed E-state index contributed by atoms with van der Waals surface area (Å²) in [5.74, 6) is 0. The number of nitrogens with zero attached hydrogens (tertiary/aromatic N) is 4. The summed E-state index contributed by atoms with van der Waals surface area (Å²) in [6, 6.07) is 10.3. The van der Waals surface area contributed by atoms with Crippen LogP contribution in [0, 0.1) is 0 Å². The summed E-state index contributed by atoms with van der Waals surface area (Å²) in [5.41, 5.74) is 2.13. The molecule has 0 radical (unpaired) electrons. The molecule has 3 heterocycles. The first kappa shape index (κ1) is 16.5. The Labute approximate surface area is 151 Å². The third-order valence-corrected chi connectivity index (χ3v) is 5.35. The Morgan fingerprint density at radius 1 is 0.960 bits per heavy atom. The number of hydrogen-bond donors (Lipinski definition) is 0. The van der Waals surface area contributed by atoms with E-state index in [0.717, 1.165) is 73.9 Å². The monoisotopic (exact) mass is 358 g/mol. The maximum absolute atomic E-state index is 5.46. The first-order valence-electron chi connectivity index (χ1n) is 8.66. The van der Waals surface area contributed by atoms with E-state index in [4.69, 9.17) is 14.5 Å². The molecule has 132 valence electrons. The molecule has 7 heteroatoms. The molecule has 0 bridgehead atoms. The lowest BCUT2D eigenvalue weighted by atomic mass is 10.1. The molecule has 2 fully saturated rings. The van der Waals surface area contributed by atoms with Crippen LogP contribution >= 0.6 is 11.3 Å². The van der Waals surface area contributed by atoms with Gasteiger partial charge in [-0.1, -0.05) is 41.7 Å². The number of benzene rings is 1. The topological polar surface area (TPSA) is 50.2 Å². The number of anilines is 1. The van der Waals surface area contributed by atoms with Gasteiger partial charge in [-0.15, -0.1) is 0 Å². The van der Waals surface area contributed by atoms with Crippen molar-refractivity contribution in [2.75, 3.05) is 57.5 Å². The standard InChI is InChI=1S/C18H22N4O2S/c1-2-4-15(5-3-1)17-16(14-19-22-8-12-24-13-9-22)25-18(20-17)21-6-10-23-11-7-21/h1-5,14H,6-13H2/b19-14+. The van der Waals surface area contributed by atoms with Crippen molar-refractivity contribution in [3.8, 4) is 11.3 Å². The fraction of sp³-hybridized carbons (Fsp3) is 0.444. The highest BCUT2D eigenvalue weighted by atomic mass is 32.1. The zero-order valence-electron chi connectivity index (χ0n) is 14.1. The number of ether oxygens (including phenoxy) is 2. The Morgan fingerprint density at radius 2 is 1.64 bits per heavy atom. The highest BCUT2D eigenvalue weighted by Gasteiger charge is 2.19. The van der Waals surface area contributed by atoms with Gasteiger partial charge in [0.05, 0.1) is 56.3 Å². The molecule has 0 saturated carbocycles. The first-order chi connectivity index (χ1) is 12.4. The quantitative estimate of drug-likeness (QED) is 0.785. The number of hydrogen-bond acceptors (Lipinski definition) is 7. The Bertz CT molecular complexity index is 707. The van der Waals surface area contributed by atoms with Gasteiger partial charge in [0.2, 0.25) is 0 Å². The van der Waals surface area contributed by atoms with E-state index >= 15 is 0 Å². The Morgan fingerprint density at radius 3 is 2.36 bits per heavy atom. The van der Waals surface area contributed by atoms with Crippen LogP contribution in [0.4, 0.5) is 5.13 Å². The normalized spacial score (nSPS) is 18.9. The van der Waals surface area contributed by atoms with Crippen LogP contribution in [-0.4, -0.2) is 68.8 Å². The van der Waals surface area contributed by atoms with Gasteiger partial charge < -0.3 is 14.4 Å². The molecule has 0 spiro atoms. The summed E-state index contributed by atoms with van der Waals surface area (Å²) in [5, 5.41) is 7.76. The smallest absolute Gasteiger partial charge is 0.186 e. The van der Waals surface area contributed by atoms with Gasteiger partial charge in [0.1, 0.15) is 0 Å². The van der Waals surface area contributed by atoms with Gasteiger partial charge in [0.25, 0.3) is 0 Å². The highest BCUT2D eigenvalue weighted by molar-refractivity contribution is 7.17. The highest BCUT2D eigenvalue weighted by Crippen LogP contribution is 2.32. The van der Waals surface area contributed by atoms with Gasteiger partial charge in [-0.25, -0.2) is 4.98 Å². The van der Waals surface area contributed by atoms with Crippen LogP contribution in [0.2, 0.25) is 0 Å². The van der Waals surface area contributed by atoms with Crippen LogP contribution < -0.4 is 4.90 Å². The van der Waals surface area contributed by atoms with E-state index in [9.17, 15) is 0 Å². The number of hydrazone groups is 1. The number of morpholine rings is 2. The fourth-order valence-electron chi connectivity index (χ4n) is 2.90. The lowest BCUT2D eigenvalue weighted by molar-refractivity contribution is 0.0397. The van der Waals surface area contributed by atoms with Crippen LogP contribution in [0.3, 0.4) is 0 Å². The van der Waals surface area contributed by atoms with Crippen molar-refractivity contribution in [2.24, 2.45) is 5.10 Å². The summed E-state index contributed by atoms with van der Waals surface area (Å²) in [7, 11) is 0. The molecule has 1 aromatic carbocycles. The second-order valence-electron chi connectivity index (χ2n) is 5.99. The molecule has 0 amide bonds.